The van der Waals surface area contributed by atoms with Crippen molar-refractivity contribution in [1.29, 1.82) is 0 Å². The highest BCUT2D eigenvalue weighted by Crippen LogP contribution is 2.14. The van der Waals surface area contributed by atoms with Crippen molar-refractivity contribution in [2.75, 3.05) is 26.4 Å². The lowest BCUT2D eigenvalue weighted by atomic mass is 10.1. The second-order valence-corrected chi connectivity index (χ2v) is 4.35. The van der Waals surface area contributed by atoms with E-state index in [9.17, 15) is 0 Å². The summed E-state index contributed by atoms with van der Waals surface area (Å²) in [6, 6.07) is 3.86. The Balaban J connectivity index is 2.24. The van der Waals surface area contributed by atoms with Gasteiger partial charge in [-0.05, 0) is 12.0 Å². The summed E-state index contributed by atoms with van der Waals surface area (Å²) in [5, 5.41) is 0. The van der Waals surface area contributed by atoms with E-state index < -0.39 is 0 Å². The zero-order chi connectivity index (χ0) is 12.5. The second kappa shape index (κ2) is 8.17. The van der Waals surface area contributed by atoms with Crippen LogP contribution >= 0.6 is 0 Å². The Morgan fingerprint density at radius 1 is 1.35 bits per heavy atom. The summed E-state index contributed by atoms with van der Waals surface area (Å²) in [6.07, 6.45) is 3.43. The van der Waals surface area contributed by atoms with Crippen LogP contribution in [-0.4, -0.2) is 31.3 Å². The highest BCUT2D eigenvalue weighted by Gasteiger charge is 2.09. The zero-order valence-electron chi connectivity index (χ0n) is 10.6. The second-order valence-electron chi connectivity index (χ2n) is 4.35. The number of nitrogens with two attached hydrogens (primary N) is 1. The number of hydrogen-bond acceptors (Lipinski definition) is 4. The lowest BCUT2D eigenvalue weighted by molar-refractivity contribution is 0.00166. The van der Waals surface area contributed by atoms with Crippen LogP contribution in [0, 0.1) is 5.92 Å². The van der Waals surface area contributed by atoms with E-state index in [1.54, 1.807) is 12.4 Å². The first-order valence-electron chi connectivity index (χ1n) is 6.03. The van der Waals surface area contributed by atoms with Crippen LogP contribution in [0.15, 0.2) is 24.5 Å². The van der Waals surface area contributed by atoms with Gasteiger partial charge in [0.15, 0.2) is 0 Å². The SMILES string of the molecule is CC(C)COCCOC(CN)c1cccnc1. The average molecular weight is 238 g/mol. The van der Waals surface area contributed by atoms with Gasteiger partial charge in [0.25, 0.3) is 0 Å². The Labute approximate surface area is 103 Å². The van der Waals surface area contributed by atoms with Gasteiger partial charge in [-0.25, -0.2) is 0 Å². The van der Waals surface area contributed by atoms with Crippen LogP contribution in [0.5, 0.6) is 0 Å². The van der Waals surface area contributed by atoms with Crippen LogP contribution in [-0.2, 0) is 9.47 Å². The molecule has 0 saturated heterocycles. The van der Waals surface area contributed by atoms with Crippen LogP contribution in [0.25, 0.3) is 0 Å². The molecule has 0 bridgehead atoms. The van der Waals surface area contributed by atoms with Gasteiger partial charge in [0.2, 0.25) is 0 Å². The molecule has 1 rings (SSSR count). The van der Waals surface area contributed by atoms with Gasteiger partial charge in [0, 0.05) is 31.1 Å². The van der Waals surface area contributed by atoms with Crippen LogP contribution in [0.4, 0.5) is 0 Å². The van der Waals surface area contributed by atoms with E-state index in [4.69, 9.17) is 15.2 Å². The Kier molecular flexibility index (Phi) is 6.77. The van der Waals surface area contributed by atoms with Crippen molar-refractivity contribution >= 4 is 0 Å². The molecule has 0 aliphatic heterocycles. The predicted octanol–water partition coefficient (Wildman–Crippen LogP) is 1.77. The minimum atomic E-state index is -0.0913. The maximum Gasteiger partial charge on any atom is 0.0963 e. The summed E-state index contributed by atoms with van der Waals surface area (Å²) >= 11 is 0. The molecule has 4 nitrogen and oxygen atoms in total. The van der Waals surface area contributed by atoms with Crippen molar-refractivity contribution < 1.29 is 9.47 Å². The molecule has 1 aromatic heterocycles. The number of nitrogens with zero attached hydrogens (tertiary/aromatic N) is 1. The standard InChI is InChI=1S/C13H22N2O2/c1-11(2)10-16-6-7-17-13(8-14)12-4-3-5-15-9-12/h3-5,9,11,13H,6-8,10,14H2,1-2H3. The maximum absolute atomic E-state index is 5.67. The molecule has 96 valence electrons. The van der Waals surface area contributed by atoms with Gasteiger partial charge in [-0.15, -0.1) is 0 Å². The third-order valence-electron chi connectivity index (χ3n) is 2.27. The quantitative estimate of drug-likeness (QED) is 0.701. The van der Waals surface area contributed by atoms with Crippen molar-refractivity contribution in [2.24, 2.45) is 11.7 Å². The van der Waals surface area contributed by atoms with Crippen molar-refractivity contribution in [3.63, 3.8) is 0 Å². The Morgan fingerprint density at radius 3 is 2.76 bits per heavy atom. The molecule has 0 radical (unpaired) electrons. The van der Waals surface area contributed by atoms with Crippen LogP contribution in [0.3, 0.4) is 0 Å². The monoisotopic (exact) mass is 238 g/mol. The minimum absolute atomic E-state index is 0.0913. The molecule has 0 spiro atoms. The minimum Gasteiger partial charge on any atom is -0.379 e. The molecule has 0 amide bonds. The number of hydrogen-bond donors (Lipinski definition) is 1. The van der Waals surface area contributed by atoms with Gasteiger partial charge in [0.1, 0.15) is 0 Å². The molecule has 0 aliphatic carbocycles. The molecular weight excluding hydrogens is 216 g/mol. The van der Waals surface area contributed by atoms with E-state index in [1.807, 2.05) is 12.1 Å². The molecule has 0 aromatic carbocycles. The Morgan fingerprint density at radius 2 is 2.18 bits per heavy atom. The first-order valence-corrected chi connectivity index (χ1v) is 6.03. The lowest BCUT2D eigenvalue weighted by Crippen LogP contribution is -2.18. The van der Waals surface area contributed by atoms with Gasteiger partial charge in [-0.1, -0.05) is 19.9 Å². The summed E-state index contributed by atoms with van der Waals surface area (Å²) in [6.45, 7) is 6.64. The van der Waals surface area contributed by atoms with Crippen LogP contribution < -0.4 is 5.73 Å². The smallest absolute Gasteiger partial charge is 0.0963 e. The normalized spacial score (nSPS) is 12.9. The number of rotatable bonds is 8. The molecule has 1 aromatic rings. The highest BCUT2D eigenvalue weighted by atomic mass is 16.5. The number of ether oxygens (including phenoxy) is 2. The van der Waals surface area contributed by atoms with Gasteiger partial charge in [0.05, 0.1) is 19.3 Å². The fraction of sp³-hybridized carbons (Fsp3) is 0.615. The molecule has 0 fully saturated rings. The van der Waals surface area contributed by atoms with E-state index in [-0.39, 0.29) is 6.10 Å². The Bertz CT molecular complexity index is 291. The van der Waals surface area contributed by atoms with Gasteiger partial charge in [-0.3, -0.25) is 4.98 Å². The zero-order valence-corrected chi connectivity index (χ0v) is 10.6. The van der Waals surface area contributed by atoms with Crippen LogP contribution in [0.2, 0.25) is 0 Å². The largest absolute Gasteiger partial charge is 0.379 e. The van der Waals surface area contributed by atoms with Crippen molar-refractivity contribution in [2.45, 2.75) is 20.0 Å². The van der Waals surface area contributed by atoms with Gasteiger partial charge < -0.3 is 15.2 Å². The van der Waals surface area contributed by atoms with E-state index in [0.29, 0.717) is 25.7 Å². The molecule has 4 heteroatoms. The number of pyridine rings is 1. The van der Waals surface area contributed by atoms with E-state index in [1.165, 1.54) is 0 Å². The Hall–Kier alpha value is -0.970. The van der Waals surface area contributed by atoms with Crippen molar-refractivity contribution in [1.82, 2.24) is 4.98 Å². The molecule has 0 saturated carbocycles. The summed E-state index contributed by atoms with van der Waals surface area (Å²) < 4.78 is 11.1. The van der Waals surface area contributed by atoms with Crippen molar-refractivity contribution in [3.8, 4) is 0 Å². The molecule has 1 unspecified atom stereocenters. The fourth-order valence-electron chi connectivity index (χ4n) is 1.44. The lowest BCUT2D eigenvalue weighted by Gasteiger charge is -2.16. The number of aromatic nitrogens is 1. The molecule has 1 heterocycles. The summed E-state index contributed by atoms with van der Waals surface area (Å²) in [5.41, 5.74) is 6.69. The molecule has 0 aliphatic rings. The molecule has 2 N–H and O–H groups in total. The van der Waals surface area contributed by atoms with E-state index in [2.05, 4.69) is 18.8 Å². The maximum atomic E-state index is 5.67. The van der Waals surface area contributed by atoms with Gasteiger partial charge in [-0.2, -0.15) is 0 Å². The van der Waals surface area contributed by atoms with Crippen molar-refractivity contribution in [3.05, 3.63) is 30.1 Å². The summed E-state index contributed by atoms with van der Waals surface area (Å²) in [5.74, 6) is 0.554. The first-order chi connectivity index (χ1) is 8.24. The molecule has 1 atom stereocenters. The predicted molar refractivity (Wildman–Crippen MR) is 67.6 cm³/mol. The third kappa shape index (κ3) is 5.77. The highest BCUT2D eigenvalue weighted by molar-refractivity contribution is 5.12. The third-order valence-corrected chi connectivity index (χ3v) is 2.27. The molecule has 17 heavy (non-hydrogen) atoms. The average Bonchev–Trinajstić information content (AvgIpc) is 2.34. The fourth-order valence-corrected chi connectivity index (χ4v) is 1.44. The molecular formula is C13H22N2O2. The van der Waals surface area contributed by atoms with Gasteiger partial charge >= 0.3 is 0 Å². The van der Waals surface area contributed by atoms with E-state index >= 15 is 0 Å². The first kappa shape index (κ1) is 14.1. The topological polar surface area (TPSA) is 57.4 Å². The summed E-state index contributed by atoms with van der Waals surface area (Å²) in [7, 11) is 0. The van der Waals surface area contributed by atoms with Crippen LogP contribution in [0.1, 0.15) is 25.5 Å². The summed E-state index contributed by atoms with van der Waals surface area (Å²) in [4.78, 5) is 4.05. The van der Waals surface area contributed by atoms with E-state index in [0.717, 1.165) is 12.2 Å².